The zero-order chi connectivity index (χ0) is 11.5. The van der Waals surface area contributed by atoms with Crippen LogP contribution in [0.3, 0.4) is 0 Å². The van der Waals surface area contributed by atoms with Crippen LogP contribution in [-0.4, -0.2) is 5.11 Å². The van der Waals surface area contributed by atoms with E-state index in [2.05, 4.69) is 0 Å². The lowest BCUT2D eigenvalue weighted by molar-refractivity contribution is 0.356. The lowest BCUT2D eigenvalue weighted by Gasteiger charge is -2.10. The first-order valence-electron chi connectivity index (χ1n) is 5.37. The van der Waals surface area contributed by atoms with Crippen molar-refractivity contribution >= 4 is 0 Å². The van der Waals surface area contributed by atoms with Gasteiger partial charge in [-0.15, -0.1) is 0 Å². The van der Waals surface area contributed by atoms with Crippen LogP contribution in [0, 0.1) is 20.0 Å². The fraction of sp³-hybridized carbons (Fsp3) is 0.133. The Bertz CT molecular complexity index is 408. The quantitative estimate of drug-likeness (QED) is 0.804. The molecule has 2 rings (SSSR count). The van der Waals surface area contributed by atoms with Crippen LogP contribution in [0.1, 0.15) is 22.3 Å². The highest BCUT2D eigenvalue weighted by Crippen LogP contribution is 2.21. The van der Waals surface area contributed by atoms with E-state index >= 15 is 0 Å². The highest BCUT2D eigenvalue weighted by Gasteiger charge is 2.10. The minimum Gasteiger partial charge on any atom is -0.377 e. The van der Waals surface area contributed by atoms with E-state index in [1.807, 2.05) is 62.4 Å². The van der Waals surface area contributed by atoms with Crippen LogP contribution in [-0.2, 0) is 0 Å². The van der Waals surface area contributed by atoms with E-state index in [4.69, 9.17) is 0 Å². The molecule has 0 heterocycles. The maximum atomic E-state index is 10.1. The molecule has 81 valence electrons. The monoisotopic (exact) mass is 211 g/mol. The van der Waals surface area contributed by atoms with Crippen LogP contribution in [0.5, 0.6) is 0 Å². The van der Waals surface area contributed by atoms with Gasteiger partial charge in [0.1, 0.15) is 0 Å². The van der Waals surface area contributed by atoms with Crippen molar-refractivity contribution in [3.05, 3.63) is 76.9 Å². The molecule has 0 aliphatic carbocycles. The van der Waals surface area contributed by atoms with Crippen molar-refractivity contribution in [1.82, 2.24) is 0 Å². The zero-order valence-corrected chi connectivity index (χ0v) is 9.57. The fourth-order valence-corrected chi connectivity index (χ4v) is 1.59. The number of aliphatic hydroxyl groups is 1. The van der Waals surface area contributed by atoms with Gasteiger partial charge in [-0.2, -0.15) is 0 Å². The summed E-state index contributed by atoms with van der Waals surface area (Å²) in [5.74, 6) is 0. The second-order valence-electron chi connectivity index (χ2n) is 4.08. The first-order chi connectivity index (χ1) is 7.66. The fourth-order valence-electron chi connectivity index (χ4n) is 1.59. The van der Waals surface area contributed by atoms with E-state index in [-0.39, 0.29) is 0 Å². The predicted molar refractivity (Wildman–Crippen MR) is 65.7 cm³/mol. The minimum absolute atomic E-state index is 0.333. The molecule has 2 aromatic carbocycles. The highest BCUT2D eigenvalue weighted by atomic mass is 16.3. The Hall–Kier alpha value is -1.60. The van der Waals surface area contributed by atoms with Gasteiger partial charge in [0, 0.05) is 0 Å². The maximum absolute atomic E-state index is 10.1. The summed E-state index contributed by atoms with van der Waals surface area (Å²) in [6.45, 7) is 4.07. The van der Waals surface area contributed by atoms with Crippen LogP contribution in [0.15, 0.2) is 48.5 Å². The van der Waals surface area contributed by atoms with Gasteiger partial charge in [0.05, 0.1) is 0 Å². The van der Waals surface area contributed by atoms with E-state index in [0.29, 0.717) is 6.10 Å². The van der Waals surface area contributed by atoms with Gasteiger partial charge in [-0.3, -0.25) is 0 Å². The van der Waals surface area contributed by atoms with Crippen molar-refractivity contribution in [3.63, 3.8) is 0 Å². The lowest BCUT2D eigenvalue weighted by atomic mass is 10.00. The van der Waals surface area contributed by atoms with Crippen molar-refractivity contribution in [1.29, 1.82) is 0 Å². The van der Waals surface area contributed by atoms with Gasteiger partial charge in [0.15, 0.2) is 6.10 Å². The highest BCUT2D eigenvalue weighted by molar-refractivity contribution is 5.42. The molecule has 0 saturated carbocycles. The first-order valence-corrected chi connectivity index (χ1v) is 5.37. The molecule has 0 amide bonds. The Kier molecular flexibility index (Phi) is 3.07. The molecular formula is C15H15O. The van der Waals surface area contributed by atoms with Gasteiger partial charge in [-0.05, 0) is 25.0 Å². The molecule has 16 heavy (non-hydrogen) atoms. The van der Waals surface area contributed by atoms with Gasteiger partial charge in [-0.1, -0.05) is 59.7 Å². The number of hydrogen-bond donors (Lipinski definition) is 1. The summed E-state index contributed by atoms with van der Waals surface area (Å²) in [7, 11) is 0. The van der Waals surface area contributed by atoms with Gasteiger partial charge >= 0.3 is 0 Å². The lowest BCUT2D eigenvalue weighted by Crippen LogP contribution is -2.00. The molecule has 0 bridgehead atoms. The molecule has 0 aromatic heterocycles. The third-order valence-corrected chi connectivity index (χ3v) is 2.65. The van der Waals surface area contributed by atoms with Gasteiger partial charge in [0.25, 0.3) is 0 Å². The largest absolute Gasteiger partial charge is 0.377 e. The van der Waals surface area contributed by atoms with E-state index in [9.17, 15) is 5.11 Å². The third kappa shape index (κ3) is 2.31. The molecule has 1 N–H and O–H groups in total. The van der Waals surface area contributed by atoms with Crippen molar-refractivity contribution in [3.8, 4) is 0 Å². The smallest absolute Gasteiger partial charge is 0.152 e. The number of aliphatic hydroxyl groups excluding tert-OH is 1. The summed E-state index contributed by atoms with van der Waals surface area (Å²) in [6, 6.07) is 15.7. The Morgan fingerprint density at radius 2 is 1.00 bits per heavy atom. The summed E-state index contributed by atoms with van der Waals surface area (Å²) in [6.07, 6.45) is 0.333. The second kappa shape index (κ2) is 4.50. The Labute approximate surface area is 96.4 Å². The predicted octanol–water partition coefficient (Wildman–Crippen LogP) is 3.60. The molecule has 2 aromatic rings. The van der Waals surface area contributed by atoms with E-state index < -0.39 is 0 Å². The maximum Gasteiger partial charge on any atom is 0.152 e. The number of rotatable bonds is 2. The molecule has 0 atom stereocenters. The Balaban J connectivity index is 2.28. The molecule has 0 aliphatic rings. The number of benzene rings is 2. The molecule has 0 fully saturated rings. The summed E-state index contributed by atoms with van der Waals surface area (Å²) in [5.41, 5.74) is 4.10. The molecule has 0 unspecified atom stereocenters. The summed E-state index contributed by atoms with van der Waals surface area (Å²) in [5, 5.41) is 10.1. The van der Waals surface area contributed by atoms with Crippen LogP contribution in [0.4, 0.5) is 0 Å². The molecule has 1 nitrogen and oxygen atoms in total. The molecule has 0 spiro atoms. The second-order valence-corrected chi connectivity index (χ2v) is 4.08. The van der Waals surface area contributed by atoms with E-state index in [1.54, 1.807) is 0 Å². The van der Waals surface area contributed by atoms with Crippen LogP contribution in [0.2, 0.25) is 0 Å². The summed E-state index contributed by atoms with van der Waals surface area (Å²) in [4.78, 5) is 0. The number of aryl methyl sites for hydroxylation is 2. The van der Waals surface area contributed by atoms with Gasteiger partial charge in [0.2, 0.25) is 0 Å². The van der Waals surface area contributed by atoms with Gasteiger partial charge < -0.3 is 5.11 Å². The first kappa shape index (κ1) is 10.9. The third-order valence-electron chi connectivity index (χ3n) is 2.65. The van der Waals surface area contributed by atoms with Crippen LogP contribution in [0.25, 0.3) is 0 Å². The molecule has 1 heteroatoms. The van der Waals surface area contributed by atoms with Crippen molar-refractivity contribution < 1.29 is 5.11 Å². The minimum atomic E-state index is 0.333. The van der Waals surface area contributed by atoms with Crippen molar-refractivity contribution in [2.45, 2.75) is 13.8 Å². The SMILES string of the molecule is Cc1ccc([C](O)c2ccc(C)cc2)cc1. The Morgan fingerprint density at radius 1 is 0.688 bits per heavy atom. The van der Waals surface area contributed by atoms with Crippen LogP contribution < -0.4 is 0 Å². The van der Waals surface area contributed by atoms with E-state index in [0.717, 1.165) is 11.1 Å². The average molecular weight is 211 g/mol. The Morgan fingerprint density at radius 3 is 1.31 bits per heavy atom. The average Bonchev–Trinajstić information content (AvgIpc) is 2.30. The van der Waals surface area contributed by atoms with E-state index in [1.165, 1.54) is 11.1 Å². The van der Waals surface area contributed by atoms with Crippen molar-refractivity contribution in [2.75, 3.05) is 0 Å². The summed E-state index contributed by atoms with van der Waals surface area (Å²) < 4.78 is 0. The standard InChI is InChI=1S/C15H15O/c1-11-3-7-13(8-4-11)15(16)14-9-5-12(2)6-10-14/h3-10,16H,1-2H3. The number of hydrogen-bond acceptors (Lipinski definition) is 1. The van der Waals surface area contributed by atoms with Crippen molar-refractivity contribution in [2.24, 2.45) is 0 Å². The molecule has 0 saturated heterocycles. The zero-order valence-electron chi connectivity index (χ0n) is 9.57. The van der Waals surface area contributed by atoms with Crippen LogP contribution >= 0.6 is 0 Å². The normalized spacial score (nSPS) is 10.8. The topological polar surface area (TPSA) is 20.2 Å². The summed E-state index contributed by atoms with van der Waals surface area (Å²) >= 11 is 0. The van der Waals surface area contributed by atoms with Gasteiger partial charge in [-0.25, -0.2) is 0 Å². The molecule has 0 aliphatic heterocycles. The molecular weight excluding hydrogens is 196 g/mol. The molecule has 1 radical (unpaired) electrons.